The topological polar surface area (TPSA) is 87.5 Å². The Morgan fingerprint density at radius 2 is 2.04 bits per heavy atom. The molecular weight excluding hydrogens is 352 g/mol. The Labute approximate surface area is 155 Å². The quantitative estimate of drug-likeness (QED) is 0.333. The summed E-state index contributed by atoms with van der Waals surface area (Å²) in [6.45, 7) is 5.96. The van der Waals surface area contributed by atoms with Gasteiger partial charge in [-0.15, -0.1) is 0 Å². The highest BCUT2D eigenvalue weighted by Crippen LogP contribution is 2.44. The van der Waals surface area contributed by atoms with Gasteiger partial charge in [0.05, 0.1) is 12.7 Å². The molecule has 4 rings (SSSR count). The first-order valence-electron chi connectivity index (χ1n) is 8.70. The normalized spacial score (nSPS) is 26.9. The van der Waals surface area contributed by atoms with Gasteiger partial charge in [-0.2, -0.15) is 0 Å². The molecule has 0 amide bonds. The number of hydrogen-bond acceptors (Lipinski definition) is 7. The molecule has 0 unspecified atom stereocenters. The third-order valence-corrected chi connectivity index (χ3v) is 5.01. The minimum atomic E-state index is -0.455. The van der Waals surface area contributed by atoms with Crippen molar-refractivity contribution in [3.63, 3.8) is 0 Å². The minimum Gasteiger partial charge on any atom is -0.490 e. The SMILES string of the molecule is C=C1C[C@H](C[C@]2(C)O[C@H]2COc2ccc3ccc(=O)oc3c2OC)OC1=O. The van der Waals surface area contributed by atoms with Gasteiger partial charge < -0.3 is 23.4 Å². The molecule has 3 atom stereocenters. The number of ether oxygens (including phenoxy) is 4. The third kappa shape index (κ3) is 3.30. The summed E-state index contributed by atoms with van der Waals surface area (Å²) in [7, 11) is 1.49. The summed E-state index contributed by atoms with van der Waals surface area (Å²) >= 11 is 0. The third-order valence-electron chi connectivity index (χ3n) is 5.01. The van der Waals surface area contributed by atoms with Crippen molar-refractivity contribution in [3.8, 4) is 11.5 Å². The molecule has 0 aliphatic carbocycles. The van der Waals surface area contributed by atoms with Crippen LogP contribution in [0.3, 0.4) is 0 Å². The highest BCUT2D eigenvalue weighted by Gasteiger charge is 2.55. The van der Waals surface area contributed by atoms with Crippen LogP contribution in [0.25, 0.3) is 11.0 Å². The maximum Gasteiger partial charge on any atom is 0.336 e. The van der Waals surface area contributed by atoms with Crippen LogP contribution in [0.5, 0.6) is 11.5 Å². The zero-order chi connectivity index (χ0) is 19.2. The number of epoxide rings is 1. The summed E-state index contributed by atoms with van der Waals surface area (Å²) in [4.78, 5) is 23.0. The molecule has 27 heavy (non-hydrogen) atoms. The van der Waals surface area contributed by atoms with Crippen LogP contribution in [0.1, 0.15) is 19.8 Å². The molecular formula is C20H20O7. The van der Waals surface area contributed by atoms with Crippen LogP contribution in [-0.2, 0) is 14.3 Å². The Morgan fingerprint density at radius 3 is 2.74 bits per heavy atom. The molecule has 2 aliphatic heterocycles. The van der Waals surface area contributed by atoms with E-state index in [0.717, 1.165) is 5.39 Å². The van der Waals surface area contributed by atoms with Crippen molar-refractivity contribution in [1.82, 2.24) is 0 Å². The van der Waals surface area contributed by atoms with Crippen LogP contribution >= 0.6 is 0 Å². The Hall–Kier alpha value is -2.80. The monoisotopic (exact) mass is 372 g/mol. The van der Waals surface area contributed by atoms with E-state index < -0.39 is 11.2 Å². The average Bonchev–Trinajstić information content (AvgIpc) is 3.16. The molecule has 0 N–H and O–H groups in total. The summed E-state index contributed by atoms with van der Waals surface area (Å²) < 4.78 is 27.6. The molecule has 2 aromatic rings. The number of carbonyl (C=O) groups is 1. The van der Waals surface area contributed by atoms with E-state index in [1.54, 1.807) is 18.2 Å². The molecule has 0 bridgehead atoms. The molecule has 2 aliphatic rings. The number of esters is 1. The van der Waals surface area contributed by atoms with Crippen LogP contribution in [0.15, 0.2) is 45.6 Å². The van der Waals surface area contributed by atoms with Crippen LogP contribution < -0.4 is 15.1 Å². The van der Waals surface area contributed by atoms with E-state index >= 15 is 0 Å². The Morgan fingerprint density at radius 1 is 1.26 bits per heavy atom. The molecule has 2 fully saturated rings. The smallest absolute Gasteiger partial charge is 0.336 e. The van der Waals surface area contributed by atoms with Crippen LogP contribution in [-0.4, -0.2) is 37.5 Å². The summed E-state index contributed by atoms with van der Waals surface area (Å²) in [5, 5.41) is 0.745. The van der Waals surface area contributed by atoms with E-state index in [9.17, 15) is 9.59 Å². The van der Waals surface area contributed by atoms with E-state index in [-0.39, 0.29) is 18.2 Å². The lowest BCUT2D eigenvalue weighted by Crippen LogP contribution is -2.22. The van der Waals surface area contributed by atoms with Crippen LogP contribution in [0.4, 0.5) is 0 Å². The Bertz CT molecular complexity index is 960. The fourth-order valence-electron chi connectivity index (χ4n) is 3.44. The first-order chi connectivity index (χ1) is 12.9. The molecule has 0 spiro atoms. The van der Waals surface area contributed by atoms with Crippen LogP contribution in [0.2, 0.25) is 0 Å². The number of carbonyl (C=O) groups excluding carboxylic acids is 1. The van der Waals surface area contributed by atoms with Crippen molar-refractivity contribution < 1.29 is 28.2 Å². The predicted octanol–water partition coefficient (Wildman–Crippen LogP) is 2.60. The summed E-state index contributed by atoms with van der Waals surface area (Å²) in [5.74, 6) is 0.505. The number of benzene rings is 1. The van der Waals surface area contributed by atoms with Crippen molar-refractivity contribution in [2.24, 2.45) is 0 Å². The molecule has 0 radical (unpaired) electrons. The second-order valence-electron chi connectivity index (χ2n) is 7.04. The second kappa shape index (κ2) is 6.42. The lowest BCUT2D eigenvalue weighted by atomic mass is 9.98. The summed E-state index contributed by atoms with van der Waals surface area (Å²) in [6, 6.07) is 6.60. The number of rotatable bonds is 6. The van der Waals surface area contributed by atoms with Gasteiger partial charge >= 0.3 is 11.6 Å². The van der Waals surface area contributed by atoms with Crippen molar-refractivity contribution >= 4 is 16.9 Å². The molecule has 1 aromatic heterocycles. The van der Waals surface area contributed by atoms with E-state index in [4.69, 9.17) is 23.4 Å². The van der Waals surface area contributed by atoms with E-state index in [1.165, 1.54) is 13.2 Å². The lowest BCUT2D eigenvalue weighted by Gasteiger charge is -2.13. The van der Waals surface area contributed by atoms with Crippen LogP contribution in [0, 0.1) is 0 Å². The van der Waals surface area contributed by atoms with Crippen molar-refractivity contribution in [2.75, 3.05) is 13.7 Å². The van der Waals surface area contributed by atoms with Gasteiger partial charge in [0.2, 0.25) is 5.75 Å². The van der Waals surface area contributed by atoms with Gasteiger partial charge in [0.15, 0.2) is 11.3 Å². The summed E-state index contributed by atoms with van der Waals surface area (Å²) in [6.07, 6.45) is 0.788. The molecule has 1 aromatic carbocycles. The number of methoxy groups -OCH3 is 1. The molecule has 7 heteroatoms. The predicted molar refractivity (Wildman–Crippen MR) is 96.1 cm³/mol. The van der Waals surface area contributed by atoms with Crippen molar-refractivity contribution in [2.45, 2.75) is 37.6 Å². The highest BCUT2D eigenvalue weighted by atomic mass is 16.6. The Kier molecular flexibility index (Phi) is 4.19. The zero-order valence-corrected chi connectivity index (χ0v) is 15.2. The highest BCUT2D eigenvalue weighted by molar-refractivity contribution is 5.90. The zero-order valence-electron chi connectivity index (χ0n) is 15.2. The van der Waals surface area contributed by atoms with Crippen molar-refractivity contribution in [3.05, 3.63) is 46.8 Å². The second-order valence-corrected chi connectivity index (χ2v) is 7.04. The minimum absolute atomic E-state index is 0.131. The van der Waals surface area contributed by atoms with Gasteiger partial charge in [-0.25, -0.2) is 9.59 Å². The number of hydrogen-bond donors (Lipinski definition) is 0. The van der Waals surface area contributed by atoms with E-state index in [1.807, 2.05) is 6.92 Å². The first kappa shape index (κ1) is 17.6. The molecule has 2 saturated heterocycles. The van der Waals surface area contributed by atoms with Gasteiger partial charge in [-0.3, -0.25) is 0 Å². The maximum atomic E-state index is 11.5. The molecule has 0 saturated carbocycles. The molecule has 142 valence electrons. The molecule has 3 heterocycles. The molecule has 7 nitrogen and oxygen atoms in total. The van der Waals surface area contributed by atoms with E-state index in [0.29, 0.717) is 42.1 Å². The fourth-order valence-corrected chi connectivity index (χ4v) is 3.44. The van der Waals surface area contributed by atoms with Gasteiger partial charge in [-0.1, -0.05) is 6.58 Å². The van der Waals surface area contributed by atoms with E-state index in [2.05, 4.69) is 6.58 Å². The van der Waals surface area contributed by atoms with Gasteiger partial charge in [0, 0.05) is 29.9 Å². The largest absolute Gasteiger partial charge is 0.490 e. The number of fused-ring (bicyclic) bond motifs is 1. The maximum absolute atomic E-state index is 11.5. The van der Waals surface area contributed by atoms with Gasteiger partial charge in [-0.05, 0) is 25.1 Å². The van der Waals surface area contributed by atoms with Crippen molar-refractivity contribution in [1.29, 1.82) is 0 Å². The standard InChI is InChI=1S/C20H20O7/c1-11-8-13(25-19(11)22)9-20(2)15(27-20)10-24-14-6-4-12-5-7-16(21)26-17(12)18(14)23-3/h4-7,13,15H,1,8-10H2,2-3H3/t13-,15+,20+/m1/s1. The number of cyclic esters (lactones) is 1. The van der Waals surface area contributed by atoms with Gasteiger partial charge in [0.1, 0.15) is 18.8 Å². The fraction of sp³-hybridized carbons (Fsp3) is 0.400. The Balaban J connectivity index is 1.43. The first-order valence-corrected chi connectivity index (χ1v) is 8.70. The summed E-state index contributed by atoms with van der Waals surface area (Å²) in [5.41, 5.74) is -0.0202. The lowest BCUT2D eigenvalue weighted by molar-refractivity contribution is -0.139. The average molecular weight is 372 g/mol. The van der Waals surface area contributed by atoms with Gasteiger partial charge in [0.25, 0.3) is 0 Å².